The Morgan fingerprint density at radius 2 is 2.10 bits per heavy atom. The Morgan fingerprint density at radius 3 is 2.65 bits per heavy atom. The molecule has 1 saturated heterocycles. The van der Waals surface area contributed by atoms with Gasteiger partial charge in [-0.1, -0.05) is 0 Å². The molecule has 110 valence electrons. The third-order valence-electron chi connectivity index (χ3n) is 3.36. The molecule has 0 spiro atoms. The van der Waals surface area contributed by atoms with Crippen molar-refractivity contribution in [2.75, 3.05) is 13.1 Å². The first kappa shape index (κ1) is 14.4. The number of aryl methyl sites for hydroxylation is 1. The number of carbonyl (C=O) groups excluding carboxylic acids is 1. The van der Waals surface area contributed by atoms with Crippen LogP contribution in [0.1, 0.15) is 34.7 Å². The quantitative estimate of drug-likeness (QED) is 0.766. The van der Waals surface area contributed by atoms with Crippen LogP contribution >= 0.6 is 0 Å². The van der Waals surface area contributed by atoms with Gasteiger partial charge in [0.05, 0.1) is 12.6 Å². The van der Waals surface area contributed by atoms with Crippen LogP contribution in [0.5, 0.6) is 0 Å². The van der Waals surface area contributed by atoms with Gasteiger partial charge in [-0.25, -0.2) is 9.59 Å². The lowest BCUT2D eigenvalue weighted by atomic mass is 10.1. The largest absolute Gasteiger partial charge is 0.478 e. The van der Waals surface area contributed by atoms with Crippen molar-refractivity contribution in [2.24, 2.45) is 0 Å². The number of urea groups is 1. The second-order valence-electron chi connectivity index (χ2n) is 4.86. The molecule has 0 atom stereocenters. The summed E-state index contributed by atoms with van der Waals surface area (Å²) in [6.45, 7) is 2.75. The topological polar surface area (TPSA) is 103 Å². The maximum Gasteiger partial charge on any atom is 0.339 e. The molecule has 1 fully saturated rings. The predicted octanol–water partition coefficient (Wildman–Crippen LogP) is 0.953. The summed E-state index contributed by atoms with van der Waals surface area (Å²) in [6, 6.07) is 1.18. The fourth-order valence-electron chi connectivity index (χ4n) is 2.19. The van der Waals surface area contributed by atoms with E-state index in [1.54, 1.807) is 11.8 Å². The standard InChI is InChI=1S/C13H18N2O5/c1-8-11(12(17)18)6-10(20-8)7-14-13(19)15-4-2-9(16)3-5-15/h6,9,16H,2-5,7H2,1H3,(H,14,19)(H,17,18). The number of likely N-dealkylation sites (tertiary alicyclic amines) is 1. The van der Waals surface area contributed by atoms with Gasteiger partial charge in [0, 0.05) is 13.1 Å². The van der Waals surface area contributed by atoms with E-state index in [0.29, 0.717) is 37.5 Å². The highest BCUT2D eigenvalue weighted by Gasteiger charge is 2.21. The second kappa shape index (κ2) is 5.96. The second-order valence-corrected chi connectivity index (χ2v) is 4.86. The normalized spacial score (nSPS) is 16.2. The molecule has 1 aliphatic rings. The summed E-state index contributed by atoms with van der Waals surface area (Å²) >= 11 is 0. The molecular weight excluding hydrogens is 264 g/mol. The molecule has 0 aliphatic carbocycles. The van der Waals surface area contributed by atoms with Crippen molar-refractivity contribution in [3.63, 3.8) is 0 Å². The van der Waals surface area contributed by atoms with Gasteiger partial charge in [0.15, 0.2) is 0 Å². The number of aromatic carboxylic acids is 1. The maximum absolute atomic E-state index is 11.9. The fraction of sp³-hybridized carbons (Fsp3) is 0.538. The molecule has 1 aromatic heterocycles. The van der Waals surface area contributed by atoms with E-state index in [-0.39, 0.29) is 24.2 Å². The van der Waals surface area contributed by atoms with Gasteiger partial charge in [-0.2, -0.15) is 0 Å². The average molecular weight is 282 g/mol. The molecule has 2 amide bonds. The molecule has 0 saturated carbocycles. The summed E-state index contributed by atoms with van der Waals surface area (Å²) in [6.07, 6.45) is 0.831. The molecule has 2 rings (SSSR count). The minimum absolute atomic E-state index is 0.107. The lowest BCUT2D eigenvalue weighted by Crippen LogP contribution is -2.45. The van der Waals surface area contributed by atoms with E-state index in [1.807, 2.05) is 0 Å². The highest BCUT2D eigenvalue weighted by molar-refractivity contribution is 5.88. The molecule has 20 heavy (non-hydrogen) atoms. The van der Waals surface area contributed by atoms with Gasteiger partial charge < -0.3 is 24.8 Å². The lowest BCUT2D eigenvalue weighted by Gasteiger charge is -2.29. The van der Waals surface area contributed by atoms with Crippen LogP contribution in [-0.4, -0.2) is 46.3 Å². The van der Waals surface area contributed by atoms with Crippen molar-refractivity contribution < 1.29 is 24.2 Å². The van der Waals surface area contributed by atoms with Crippen LogP contribution in [0, 0.1) is 6.92 Å². The van der Waals surface area contributed by atoms with Gasteiger partial charge in [-0.15, -0.1) is 0 Å². The first-order valence-electron chi connectivity index (χ1n) is 6.51. The fourth-order valence-corrected chi connectivity index (χ4v) is 2.19. The Kier molecular flexibility index (Phi) is 4.29. The number of amides is 2. The van der Waals surface area contributed by atoms with Crippen molar-refractivity contribution in [3.8, 4) is 0 Å². The van der Waals surface area contributed by atoms with E-state index in [2.05, 4.69) is 5.32 Å². The third kappa shape index (κ3) is 3.30. The van der Waals surface area contributed by atoms with Crippen molar-refractivity contribution in [1.82, 2.24) is 10.2 Å². The number of nitrogens with one attached hydrogen (secondary N) is 1. The Balaban J connectivity index is 1.87. The number of furan rings is 1. The Bertz CT molecular complexity index is 503. The minimum Gasteiger partial charge on any atom is -0.478 e. The third-order valence-corrected chi connectivity index (χ3v) is 3.36. The molecule has 1 aliphatic heterocycles. The predicted molar refractivity (Wildman–Crippen MR) is 69.5 cm³/mol. The number of carboxylic acid groups (broad SMARTS) is 1. The molecular formula is C13H18N2O5. The number of nitrogens with zero attached hydrogens (tertiary/aromatic N) is 1. The van der Waals surface area contributed by atoms with Crippen LogP contribution in [0.25, 0.3) is 0 Å². The van der Waals surface area contributed by atoms with E-state index < -0.39 is 5.97 Å². The highest BCUT2D eigenvalue weighted by atomic mass is 16.4. The first-order chi connectivity index (χ1) is 9.47. The van der Waals surface area contributed by atoms with Gasteiger partial charge in [-0.3, -0.25) is 0 Å². The summed E-state index contributed by atoms with van der Waals surface area (Å²) in [5.41, 5.74) is 0.107. The van der Waals surface area contributed by atoms with Gasteiger partial charge in [-0.05, 0) is 25.8 Å². The van der Waals surface area contributed by atoms with Crippen LogP contribution in [0.4, 0.5) is 4.79 Å². The van der Waals surface area contributed by atoms with Crippen LogP contribution in [0.3, 0.4) is 0 Å². The van der Waals surface area contributed by atoms with Gasteiger partial charge in [0.2, 0.25) is 0 Å². The van der Waals surface area contributed by atoms with Crippen LogP contribution in [0.15, 0.2) is 10.5 Å². The zero-order valence-corrected chi connectivity index (χ0v) is 11.3. The zero-order chi connectivity index (χ0) is 14.7. The van der Waals surface area contributed by atoms with Gasteiger partial charge in [0.1, 0.15) is 17.1 Å². The van der Waals surface area contributed by atoms with Crippen LogP contribution in [0.2, 0.25) is 0 Å². The molecule has 1 aromatic rings. The van der Waals surface area contributed by atoms with Crippen LogP contribution < -0.4 is 5.32 Å². The molecule has 2 heterocycles. The molecule has 7 heteroatoms. The highest BCUT2D eigenvalue weighted by Crippen LogP contribution is 2.15. The van der Waals surface area contributed by atoms with Gasteiger partial charge in [0.25, 0.3) is 0 Å². The first-order valence-corrected chi connectivity index (χ1v) is 6.51. The summed E-state index contributed by atoms with van der Waals surface area (Å²) < 4.78 is 5.28. The maximum atomic E-state index is 11.9. The van der Waals surface area contributed by atoms with E-state index in [4.69, 9.17) is 9.52 Å². The van der Waals surface area contributed by atoms with E-state index in [9.17, 15) is 14.7 Å². The summed E-state index contributed by atoms with van der Waals surface area (Å²) in [5.74, 6) is -0.318. The van der Waals surface area contributed by atoms with Crippen molar-refractivity contribution in [2.45, 2.75) is 32.4 Å². The molecule has 0 unspecified atom stereocenters. The monoisotopic (exact) mass is 282 g/mol. The summed E-state index contributed by atoms with van der Waals surface area (Å²) in [7, 11) is 0. The van der Waals surface area contributed by atoms with E-state index in [0.717, 1.165) is 0 Å². The van der Waals surface area contributed by atoms with E-state index in [1.165, 1.54) is 6.07 Å². The lowest BCUT2D eigenvalue weighted by molar-refractivity contribution is 0.0694. The summed E-state index contributed by atoms with van der Waals surface area (Å²) in [4.78, 5) is 24.4. The van der Waals surface area contributed by atoms with Gasteiger partial charge >= 0.3 is 12.0 Å². The zero-order valence-electron chi connectivity index (χ0n) is 11.3. The van der Waals surface area contributed by atoms with Crippen molar-refractivity contribution >= 4 is 12.0 Å². The number of piperidine rings is 1. The van der Waals surface area contributed by atoms with E-state index >= 15 is 0 Å². The Labute approximate surface area is 116 Å². The number of hydrogen-bond acceptors (Lipinski definition) is 4. The smallest absolute Gasteiger partial charge is 0.339 e. The number of aliphatic hydroxyl groups excluding tert-OH is 1. The average Bonchev–Trinajstić information content (AvgIpc) is 2.78. The number of aliphatic hydroxyl groups is 1. The molecule has 0 aromatic carbocycles. The number of hydrogen-bond donors (Lipinski definition) is 3. The summed E-state index contributed by atoms with van der Waals surface area (Å²) in [5, 5.41) is 21.0. The molecule has 0 radical (unpaired) electrons. The Hall–Kier alpha value is -2.02. The SMILES string of the molecule is Cc1oc(CNC(=O)N2CCC(O)CC2)cc1C(=O)O. The molecule has 0 bridgehead atoms. The molecule has 3 N–H and O–H groups in total. The number of rotatable bonds is 3. The van der Waals surface area contributed by atoms with Crippen molar-refractivity contribution in [1.29, 1.82) is 0 Å². The molecule has 7 nitrogen and oxygen atoms in total. The van der Waals surface area contributed by atoms with Crippen LogP contribution in [-0.2, 0) is 6.54 Å². The van der Waals surface area contributed by atoms with Crippen molar-refractivity contribution in [3.05, 3.63) is 23.2 Å². The number of carbonyl (C=O) groups is 2. The Morgan fingerprint density at radius 1 is 1.45 bits per heavy atom. The number of carboxylic acids is 1. The minimum atomic E-state index is -1.05.